The van der Waals surface area contributed by atoms with Crippen LogP contribution < -0.4 is 26.8 Å². The fraction of sp³-hybridized carbons (Fsp3) is 0.378. The summed E-state index contributed by atoms with van der Waals surface area (Å²) in [5, 5.41) is 15.4. The number of ether oxygens (including phenoxy) is 1. The highest BCUT2D eigenvalue weighted by molar-refractivity contribution is 6.14. The van der Waals surface area contributed by atoms with Gasteiger partial charge in [0.15, 0.2) is 0 Å². The second kappa shape index (κ2) is 18.2. The first-order valence-corrected chi connectivity index (χ1v) is 21.6. The number of aryl methyl sites for hydroxylation is 5. The Balaban J connectivity index is 1.17. The van der Waals surface area contributed by atoms with Crippen LogP contribution in [0.3, 0.4) is 0 Å². The second-order valence-electron chi connectivity index (χ2n) is 16.0. The lowest BCUT2D eigenvalue weighted by atomic mass is 10.1. The number of nitrogens with zero attached hydrogens (tertiary/aromatic N) is 9. The van der Waals surface area contributed by atoms with E-state index >= 15 is 0 Å². The van der Waals surface area contributed by atoms with Gasteiger partial charge in [0.05, 0.1) is 40.1 Å². The van der Waals surface area contributed by atoms with Gasteiger partial charge < -0.3 is 34.7 Å². The van der Waals surface area contributed by atoms with Gasteiger partial charge in [0.25, 0.3) is 17.7 Å². The van der Waals surface area contributed by atoms with Gasteiger partial charge in [-0.15, -0.1) is 0 Å². The smallest absolute Gasteiger partial charge is 0.276 e. The van der Waals surface area contributed by atoms with Crippen molar-refractivity contribution in [3.05, 3.63) is 88.2 Å². The zero-order valence-electron chi connectivity index (χ0n) is 36.7. The first-order valence-electron chi connectivity index (χ1n) is 21.6. The monoisotopic (exact) mass is 871 g/mol. The molecule has 64 heavy (non-hydrogen) atoms. The molecule has 7 aromatic rings. The van der Waals surface area contributed by atoms with Gasteiger partial charge in [-0.25, -0.2) is 9.97 Å². The van der Waals surface area contributed by atoms with Gasteiger partial charge in [-0.3, -0.25) is 39.2 Å². The van der Waals surface area contributed by atoms with Crippen molar-refractivity contribution >= 4 is 68.6 Å². The Morgan fingerprint density at radius 2 is 1.33 bits per heavy atom. The maximum atomic E-state index is 13.9. The zero-order chi connectivity index (χ0) is 45.2. The van der Waals surface area contributed by atoms with Crippen LogP contribution >= 0.6 is 0 Å². The third-order valence-corrected chi connectivity index (χ3v) is 11.4. The Morgan fingerprint density at radius 1 is 0.750 bits per heavy atom. The molecule has 2 aromatic carbocycles. The van der Waals surface area contributed by atoms with Crippen LogP contribution in [0.2, 0.25) is 0 Å². The van der Waals surface area contributed by atoms with E-state index in [4.69, 9.17) is 30.6 Å². The minimum Gasteiger partial charge on any atom is -0.491 e. The highest BCUT2D eigenvalue weighted by Gasteiger charge is 2.25. The number of imidazole rings is 2. The Hall–Kier alpha value is -7.28. The third kappa shape index (κ3) is 8.70. The number of carbonyl (C=O) groups is 4. The molecule has 19 heteroatoms. The lowest BCUT2D eigenvalue weighted by Crippen LogP contribution is -2.31. The van der Waals surface area contributed by atoms with Crippen LogP contribution in [0.25, 0.3) is 33.0 Å². The molecular weight excluding hydrogens is 819 g/mol. The molecule has 5 aromatic heterocycles. The number of fused-ring (bicyclic) bond motifs is 4. The topological polar surface area (TPSA) is 241 Å². The Labute approximate surface area is 368 Å². The molecule has 0 radical (unpaired) electrons. The fourth-order valence-electron chi connectivity index (χ4n) is 8.44. The molecule has 19 nitrogen and oxygen atoms in total. The Kier molecular flexibility index (Phi) is 12.3. The molecule has 1 saturated heterocycles. The van der Waals surface area contributed by atoms with Crippen molar-refractivity contribution in [1.82, 2.24) is 43.6 Å². The fourth-order valence-corrected chi connectivity index (χ4v) is 8.44. The van der Waals surface area contributed by atoms with E-state index < -0.39 is 23.6 Å². The summed E-state index contributed by atoms with van der Waals surface area (Å²) < 4.78 is 19.3. The van der Waals surface area contributed by atoms with Crippen molar-refractivity contribution < 1.29 is 28.3 Å². The number of nitrogens with two attached hydrogens (primary N) is 2. The van der Waals surface area contributed by atoms with E-state index in [0.717, 1.165) is 26.1 Å². The van der Waals surface area contributed by atoms with Gasteiger partial charge in [-0.05, 0) is 103 Å². The molecule has 1 aliphatic rings. The average Bonchev–Trinajstić information content (AvgIpc) is 4.09. The molecule has 0 spiro atoms. The number of amides is 4. The predicted molar refractivity (Wildman–Crippen MR) is 242 cm³/mol. The third-order valence-electron chi connectivity index (χ3n) is 11.4. The van der Waals surface area contributed by atoms with Crippen molar-refractivity contribution in [2.45, 2.75) is 86.5 Å². The van der Waals surface area contributed by atoms with E-state index in [1.165, 1.54) is 19.3 Å². The van der Waals surface area contributed by atoms with Crippen molar-refractivity contribution in [2.75, 3.05) is 36.9 Å². The van der Waals surface area contributed by atoms with Crippen LogP contribution in [0.15, 0.2) is 53.0 Å². The summed E-state index contributed by atoms with van der Waals surface area (Å²) in [4.78, 5) is 64.9. The number of allylic oxidation sites excluding steroid dienone is 2. The predicted octanol–water partition coefficient (Wildman–Crippen LogP) is 5.70. The second-order valence-corrected chi connectivity index (χ2v) is 16.0. The van der Waals surface area contributed by atoms with E-state index in [-0.39, 0.29) is 36.1 Å². The van der Waals surface area contributed by atoms with Crippen LogP contribution in [-0.4, -0.2) is 93.4 Å². The van der Waals surface area contributed by atoms with Gasteiger partial charge in [0.2, 0.25) is 17.8 Å². The molecule has 334 valence electrons. The number of primary amides is 2. The maximum Gasteiger partial charge on any atom is 0.276 e. The Morgan fingerprint density at radius 3 is 1.89 bits per heavy atom. The average molecular weight is 872 g/mol. The number of likely N-dealkylation sites (tertiary alicyclic amines) is 1. The molecule has 6 N–H and O–H groups in total. The number of benzene rings is 2. The minimum atomic E-state index is -0.679. The quantitative estimate of drug-likeness (QED) is 0.0639. The van der Waals surface area contributed by atoms with Crippen molar-refractivity contribution in [3.63, 3.8) is 0 Å². The lowest BCUT2D eigenvalue weighted by molar-refractivity contribution is 0.0992. The number of nitrogens with one attached hydrogen (secondary N) is 2. The molecule has 0 bridgehead atoms. The summed E-state index contributed by atoms with van der Waals surface area (Å²) >= 11 is 0. The number of piperidine rings is 1. The SMILES string of the molecule is CCn1nc(C)cc1C(=O)Nc1nc2cc(C(N)=O)cc(OCCCN3CCCCC3)c2n1C/C=C/Cn1c(NC(=O)c2cc(C)nn2CC)nc2cc(C(N)=O)c3oc(C)cc3c21. The largest absolute Gasteiger partial charge is 0.491 e. The number of furan rings is 1. The molecule has 6 heterocycles. The molecule has 0 atom stereocenters. The van der Waals surface area contributed by atoms with Crippen molar-refractivity contribution in [1.29, 1.82) is 0 Å². The Bertz CT molecular complexity index is 2960. The summed E-state index contributed by atoms with van der Waals surface area (Å²) in [5.41, 5.74) is 16.4. The maximum absolute atomic E-state index is 13.9. The normalized spacial score (nSPS) is 13.5. The van der Waals surface area contributed by atoms with Crippen LogP contribution in [-0.2, 0) is 26.2 Å². The molecule has 0 aliphatic carbocycles. The zero-order valence-corrected chi connectivity index (χ0v) is 36.7. The summed E-state index contributed by atoms with van der Waals surface area (Å²) in [6, 6.07) is 9.99. The highest BCUT2D eigenvalue weighted by atomic mass is 16.5. The van der Waals surface area contributed by atoms with Gasteiger partial charge in [0.1, 0.15) is 34.0 Å². The van der Waals surface area contributed by atoms with E-state index in [2.05, 4.69) is 25.7 Å². The number of hydrogen-bond donors (Lipinski definition) is 4. The summed E-state index contributed by atoms with van der Waals surface area (Å²) in [6.45, 7) is 13.9. The number of anilines is 2. The number of rotatable bonds is 17. The van der Waals surface area contributed by atoms with Gasteiger partial charge in [-0.1, -0.05) is 18.6 Å². The number of aromatic nitrogens is 8. The molecule has 1 aliphatic heterocycles. The summed E-state index contributed by atoms with van der Waals surface area (Å²) in [5.74, 6) is -0.762. The lowest BCUT2D eigenvalue weighted by Gasteiger charge is -2.26. The molecule has 8 rings (SSSR count). The van der Waals surface area contributed by atoms with E-state index in [1.807, 2.05) is 49.0 Å². The molecule has 0 unspecified atom stereocenters. The summed E-state index contributed by atoms with van der Waals surface area (Å²) in [7, 11) is 0. The molecule has 0 saturated carbocycles. The van der Waals surface area contributed by atoms with Crippen LogP contribution in [0.4, 0.5) is 11.9 Å². The number of hydrogen-bond acceptors (Lipinski definition) is 11. The standard InChI is InChI=1S/C45H53N13O6/c1-6-57-34(20-26(3)52-57)42(61)50-44-49-33-25-31(41(47)60)39-30(22-28(5)64-39)37(33)55(44)17-11-12-18-56-38-32(48-45(56)51-43(62)35-21-27(4)53-58(35)7-2)23-29(40(46)59)24-36(38)63-19-13-16-54-14-9-8-10-15-54/h11-12,20-25H,6-10,13-19H2,1-5H3,(H2,46,59)(H2,47,60)(H,48,51,62)(H,49,50,61)/b12-11+. The molecule has 4 amide bonds. The first kappa shape index (κ1) is 43.4. The van der Waals surface area contributed by atoms with Gasteiger partial charge in [0, 0.05) is 43.7 Å². The van der Waals surface area contributed by atoms with E-state index in [9.17, 15) is 19.2 Å². The van der Waals surface area contributed by atoms with Crippen LogP contribution in [0, 0.1) is 20.8 Å². The van der Waals surface area contributed by atoms with E-state index in [1.54, 1.807) is 52.7 Å². The minimum absolute atomic E-state index is 0.163. The van der Waals surface area contributed by atoms with E-state index in [0.29, 0.717) is 87.0 Å². The number of carbonyl (C=O) groups excluding carboxylic acids is 4. The molecular formula is C45H53N13O6. The first-order chi connectivity index (χ1) is 30.8. The van der Waals surface area contributed by atoms with Crippen molar-refractivity contribution in [3.8, 4) is 5.75 Å². The summed E-state index contributed by atoms with van der Waals surface area (Å²) in [6.07, 6.45) is 8.16. The van der Waals surface area contributed by atoms with Crippen LogP contribution in [0.5, 0.6) is 5.75 Å². The van der Waals surface area contributed by atoms with Gasteiger partial charge in [-0.2, -0.15) is 10.2 Å². The van der Waals surface area contributed by atoms with Gasteiger partial charge >= 0.3 is 0 Å². The highest BCUT2D eigenvalue weighted by Crippen LogP contribution is 2.35. The van der Waals surface area contributed by atoms with Crippen LogP contribution in [0.1, 0.15) is 98.4 Å². The van der Waals surface area contributed by atoms with Crippen molar-refractivity contribution in [2.24, 2.45) is 11.5 Å². The molecule has 1 fully saturated rings.